The van der Waals surface area contributed by atoms with E-state index < -0.39 is 0 Å². The molecular formula is C12H20N2OS. The molecule has 1 aromatic rings. The van der Waals surface area contributed by atoms with Crippen molar-refractivity contribution in [3.63, 3.8) is 0 Å². The average Bonchev–Trinajstić information content (AvgIpc) is 2.82. The number of hydrogen-bond acceptors (Lipinski definition) is 4. The van der Waals surface area contributed by atoms with E-state index >= 15 is 0 Å². The molecule has 4 heteroatoms. The zero-order chi connectivity index (χ0) is 11.5. The summed E-state index contributed by atoms with van der Waals surface area (Å²) in [6, 6.07) is 0.527. The molecule has 1 N–H and O–H groups in total. The first-order chi connectivity index (χ1) is 7.72. The van der Waals surface area contributed by atoms with Gasteiger partial charge in [0.1, 0.15) is 0 Å². The summed E-state index contributed by atoms with van der Waals surface area (Å²) in [4.78, 5) is 8.50. The molecule has 0 saturated carbocycles. The minimum atomic E-state index is 0.261. The van der Waals surface area contributed by atoms with Crippen molar-refractivity contribution in [2.24, 2.45) is 0 Å². The molecule has 0 bridgehead atoms. The Morgan fingerprint density at radius 2 is 2.38 bits per heavy atom. The van der Waals surface area contributed by atoms with Crippen LogP contribution in [0.1, 0.15) is 40.9 Å². The molecule has 1 saturated heterocycles. The fraction of sp³-hybridized carbons (Fsp3) is 0.750. The lowest BCUT2D eigenvalue weighted by Crippen LogP contribution is -2.18. The molecule has 0 radical (unpaired) electrons. The summed E-state index contributed by atoms with van der Waals surface area (Å²) in [6.45, 7) is 3.62. The van der Waals surface area contributed by atoms with Gasteiger partial charge in [0, 0.05) is 17.9 Å². The zero-order valence-corrected chi connectivity index (χ0v) is 10.9. The molecule has 2 rings (SSSR count). The van der Waals surface area contributed by atoms with Gasteiger partial charge >= 0.3 is 0 Å². The average molecular weight is 240 g/mol. The zero-order valence-electron chi connectivity index (χ0n) is 10.1. The molecule has 0 aromatic carbocycles. The van der Waals surface area contributed by atoms with E-state index in [2.05, 4.69) is 18.9 Å². The number of aliphatic hydroxyl groups is 1. The van der Waals surface area contributed by atoms with Gasteiger partial charge in [0.05, 0.1) is 16.7 Å². The monoisotopic (exact) mass is 240 g/mol. The lowest BCUT2D eigenvalue weighted by atomic mass is 10.1. The first kappa shape index (κ1) is 12.0. The highest BCUT2D eigenvalue weighted by Crippen LogP contribution is 2.34. The molecule has 1 atom stereocenters. The predicted octanol–water partition coefficient (Wildman–Crippen LogP) is 2.14. The van der Waals surface area contributed by atoms with E-state index in [0.29, 0.717) is 6.04 Å². The third-order valence-corrected chi connectivity index (χ3v) is 4.31. The van der Waals surface area contributed by atoms with Crippen LogP contribution in [0.15, 0.2) is 0 Å². The molecular weight excluding hydrogens is 220 g/mol. The van der Waals surface area contributed by atoms with Crippen molar-refractivity contribution >= 4 is 11.3 Å². The van der Waals surface area contributed by atoms with Gasteiger partial charge in [-0.2, -0.15) is 0 Å². The summed E-state index contributed by atoms with van der Waals surface area (Å²) in [7, 11) is 2.18. The molecule has 90 valence electrons. The predicted molar refractivity (Wildman–Crippen MR) is 66.9 cm³/mol. The van der Waals surface area contributed by atoms with Crippen LogP contribution in [0, 0.1) is 6.92 Å². The molecule has 3 nitrogen and oxygen atoms in total. The Labute approximate surface area is 101 Å². The first-order valence-corrected chi connectivity index (χ1v) is 6.81. The molecule has 0 spiro atoms. The second kappa shape index (κ2) is 5.25. The molecule has 0 aliphatic carbocycles. The van der Waals surface area contributed by atoms with Crippen LogP contribution in [0.4, 0.5) is 0 Å². The van der Waals surface area contributed by atoms with Crippen molar-refractivity contribution in [1.29, 1.82) is 0 Å². The van der Waals surface area contributed by atoms with Gasteiger partial charge in [-0.25, -0.2) is 4.98 Å². The molecule has 1 aliphatic heterocycles. The summed E-state index contributed by atoms with van der Waals surface area (Å²) >= 11 is 1.79. The van der Waals surface area contributed by atoms with E-state index in [4.69, 9.17) is 10.1 Å². The van der Waals surface area contributed by atoms with Crippen LogP contribution in [0.3, 0.4) is 0 Å². The summed E-state index contributed by atoms with van der Waals surface area (Å²) in [6.07, 6.45) is 4.26. The fourth-order valence-corrected chi connectivity index (χ4v) is 3.40. The van der Waals surface area contributed by atoms with Gasteiger partial charge in [0.15, 0.2) is 0 Å². The highest BCUT2D eigenvalue weighted by Gasteiger charge is 2.26. The van der Waals surface area contributed by atoms with Crippen LogP contribution in [0.2, 0.25) is 0 Å². The minimum absolute atomic E-state index is 0.261. The molecule has 16 heavy (non-hydrogen) atoms. The van der Waals surface area contributed by atoms with Crippen LogP contribution in [0.5, 0.6) is 0 Å². The Morgan fingerprint density at radius 3 is 3.00 bits per heavy atom. The Bertz CT molecular complexity index is 351. The minimum Gasteiger partial charge on any atom is -0.396 e. The van der Waals surface area contributed by atoms with E-state index in [1.165, 1.54) is 35.0 Å². The van der Waals surface area contributed by atoms with Crippen LogP contribution < -0.4 is 0 Å². The SMILES string of the molecule is Cc1sc(CCCO)nc1C1CCCN1C. The van der Waals surface area contributed by atoms with E-state index in [-0.39, 0.29) is 6.61 Å². The Hall–Kier alpha value is -0.450. The van der Waals surface area contributed by atoms with Gasteiger partial charge in [-0.1, -0.05) is 0 Å². The standard InChI is InChI=1S/C12H20N2OS/c1-9-12(10-5-3-7-14(10)2)13-11(16-9)6-4-8-15/h10,15H,3-8H2,1-2H3. The molecule has 1 unspecified atom stereocenters. The number of hydrogen-bond donors (Lipinski definition) is 1. The highest BCUT2D eigenvalue weighted by molar-refractivity contribution is 7.11. The molecule has 1 fully saturated rings. The maximum Gasteiger partial charge on any atom is 0.0932 e. The van der Waals surface area contributed by atoms with Gasteiger partial charge < -0.3 is 5.11 Å². The smallest absolute Gasteiger partial charge is 0.0932 e. The van der Waals surface area contributed by atoms with Gasteiger partial charge in [-0.05, 0) is 39.8 Å². The maximum atomic E-state index is 8.83. The van der Waals surface area contributed by atoms with E-state index in [0.717, 1.165) is 12.8 Å². The third kappa shape index (κ3) is 2.44. The Morgan fingerprint density at radius 1 is 1.56 bits per heavy atom. The fourth-order valence-electron chi connectivity index (χ4n) is 2.37. The first-order valence-electron chi connectivity index (χ1n) is 5.99. The number of aromatic nitrogens is 1. The second-order valence-corrected chi connectivity index (χ2v) is 5.80. The summed E-state index contributed by atoms with van der Waals surface area (Å²) in [5, 5.41) is 10.0. The molecule has 0 amide bonds. The third-order valence-electron chi connectivity index (χ3n) is 3.26. The molecule has 2 heterocycles. The van der Waals surface area contributed by atoms with Crippen molar-refractivity contribution in [2.45, 2.75) is 38.6 Å². The Balaban J connectivity index is 2.11. The van der Waals surface area contributed by atoms with Gasteiger partial charge in [-0.15, -0.1) is 11.3 Å². The van der Waals surface area contributed by atoms with E-state index in [1.54, 1.807) is 11.3 Å². The van der Waals surface area contributed by atoms with E-state index in [9.17, 15) is 0 Å². The van der Waals surface area contributed by atoms with Crippen molar-refractivity contribution in [3.05, 3.63) is 15.6 Å². The number of aryl methyl sites for hydroxylation is 2. The number of aliphatic hydroxyl groups excluding tert-OH is 1. The molecule has 1 aliphatic rings. The van der Waals surface area contributed by atoms with Crippen molar-refractivity contribution < 1.29 is 5.11 Å². The Kier molecular flexibility index (Phi) is 3.95. The summed E-state index contributed by atoms with van der Waals surface area (Å²) in [5.41, 5.74) is 1.28. The number of likely N-dealkylation sites (tertiary alicyclic amines) is 1. The number of rotatable bonds is 4. The van der Waals surface area contributed by atoms with Crippen LogP contribution >= 0.6 is 11.3 Å². The number of thiazole rings is 1. The normalized spacial score (nSPS) is 21.8. The van der Waals surface area contributed by atoms with Crippen LogP contribution in [0.25, 0.3) is 0 Å². The quantitative estimate of drug-likeness (QED) is 0.876. The summed E-state index contributed by atoms with van der Waals surface area (Å²) < 4.78 is 0. The van der Waals surface area contributed by atoms with Gasteiger partial charge in [-0.3, -0.25) is 4.90 Å². The van der Waals surface area contributed by atoms with Crippen molar-refractivity contribution in [2.75, 3.05) is 20.2 Å². The van der Waals surface area contributed by atoms with Gasteiger partial charge in [0.2, 0.25) is 0 Å². The van der Waals surface area contributed by atoms with Crippen molar-refractivity contribution in [1.82, 2.24) is 9.88 Å². The lowest BCUT2D eigenvalue weighted by Gasteiger charge is -2.17. The summed E-state index contributed by atoms with van der Waals surface area (Å²) in [5.74, 6) is 0. The van der Waals surface area contributed by atoms with Crippen molar-refractivity contribution in [3.8, 4) is 0 Å². The van der Waals surface area contributed by atoms with Gasteiger partial charge in [0.25, 0.3) is 0 Å². The highest BCUT2D eigenvalue weighted by atomic mass is 32.1. The van der Waals surface area contributed by atoms with E-state index in [1.807, 2.05) is 0 Å². The largest absolute Gasteiger partial charge is 0.396 e. The lowest BCUT2D eigenvalue weighted by molar-refractivity contribution is 0.288. The maximum absolute atomic E-state index is 8.83. The van der Waals surface area contributed by atoms with Crippen LogP contribution in [-0.4, -0.2) is 35.2 Å². The van der Waals surface area contributed by atoms with Crippen LogP contribution in [-0.2, 0) is 6.42 Å². The molecule has 1 aromatic heterocycles. The topological polar surface area (TPSA) is 36.4 Å². The number of nitrogens with zero attached hydrogens (tertiary/aromatic N) is 2. The second-order valence-electron chi connectivity index (χ2n) is 4.51.